The van der Waals surface area contributed by atoms with Crippen LogP contribution in [-0.2, 0) is 13.1 Å². The van der Waals surface area contributed by atoms with E-state index in [1.54, 1.807) is 0 Å². The van der Waals surface area contributed by atoms with Crippen molar-refractivity contribution in [2.45, 2.75) is 33.4 Å². The number of amides is 1. The Bertz CT molecular complexity index is 724. The van der Waals surface area contributed by atoms with Crippen LogP contribution in [0.3, 0.4) is 0 Å². The van der Waals surface area contributed by atoms with Gasteiger partial charge in [0.25, 0.3) is 5.91 Å². The molecule has 0 saturated carbocycles. The molecular weight excluding hydrogens is 314 g/mol. The highest BCUT2D eigenvalue weighted by molar-refractivity contribution is 5.94. The first kappa shape index (κ1) is 17.5. The first-order valence-corrected chi connectivity index (χ1v) is 9.02. The molecule has 1 aliphatic rings. The van der Waals surface area contributed by atoms with Crippen molar-refractivity contribution in [2.24, 2.45) is 5.92 Å². The number of hydrogen-bond acceptors (Lipinski definition) is 4. The number of benzene rings is 1. The van der Waals surface area contributed by atoms with Crippen molar-refractivity contribution in [2.75, 3.05) is 25.0 Å². The van der Waals surface area contributed by atoms with Crippen LogP contribution in [-0.4, -0.2) is 35.3 Å². The molecule has 1 atom stereocenters. The number of nitrogens with zero attached hydrogens (tertiary/aromatic N) is 2. The zero-order chi connectivity index (χ0) is 17.6. The predicted octanol–water partition coefficient (Wildman–Crippen LogP) is 2.16. The molecule has 1 amide bonds. The van der Waals surface area contributed by atoms with E-state index in [4.69, 9.17) is 0 Å². The van der Waals surface area contributed by atoms with E-state index in [1.807, 2.05) is 36.7 Å². The fourth-order valence-electron chi connectivity index (χ4n) is 3.11. The van der Waals surface area contributed by atoms with E-state index in [1.165, 1.54) is 0 Å². The molecule has 0 aliphatic carbocycles. The number of anilines is 1. The predicted molar refractivity (Wildman–Crippen MR) is 99.7 cm³/mol. The Hall–Kier alpha value is -2.34. The van der Waals surface area contributed by atoms with Gasteiger partial charge in [0, 0.05) is 50.3 Å². The monoisotopic (exact) mass is 341 g/mol. The summed E-state index contributed by atoms with van der Waals surface area (Å²) in [6.07, 6.45) is 0.944. The second-order valence-corrected chi connectivity index (χ2v) is 6.69. The molecular formula is C19H27N5O. The van der Waals surface area contributed by atoms with Gasteiger partial charge in [0.15, 0.2) is 0 Å². The number of carbonyl (C=O) groups excluding carboxylic acids is 1. The van der Waals surface area contributed by atoms with Gasteiger partial charge < -0.3 is 16.0 Å². The number of aromatic nitrogens is 2. The van der Waals surface area contributed by atoms with Crippen molar-refractivity contribution >= 4 is 11.7 Å². The number of aryl methyl sites for hydroxylation is 1. The fourth-order valence-corrected chi connectivity index (χ4v) is 3.11. The van der Waals surface area contributed by atoms with E-state index in [0.717, 1.165) is 55.2 Å². The Morgan fingerprint density at radius 3 is 3.12 bits per heavy atom. The Balaban J connectivity index is 1.48. The standard InChI is InChI=1S/C19H27N5O/c1-3-7-21-19(25)17-6-4-5-15(9-17)10-20-11-16-12-22-18-8-14(2)23-24(18)13-16/h4-6,8-9,16,20,22H,3,7,10-13H2,1-2H3,(H,21,25)/t16-/m1/s1. The Kier molecular flexibility index (Phi) is 5.71. The third-order valence-electron chi connectivity index (χ3n) is 4.39. The van der Waals surface area contributed by atoms with Crippen LogP contribution < -0.4 is 16.0 Å². The van der Waals surface area contributed by atoms with Crippen LogP contribution in [0.2, 0.25) is 0 Å². The lowest BCUT2D eigenvalue weighted by molar-refractivity contribution is 0.0953. The molecule has 0 unspecified atom stereocenters. The molecule has 1 aliphatic heterocycles. The summed E-state index contributed by atoms with van der Waals surface area (Å²) in [5.41, 5.74) is 2.90. The Labute approximate surface area is 149 Å². The second-order valence-electron chi connectivity index (χ2n) is 6.69. The maximum absolute atomic E-state index is 12.0. The lowest BCUT2D eigenvalue weighted by Crippen LogP contribution is -2.35. The van der Waals surface area contributed by atoms with Gasteiger partial charge in [-0.05, 0) is 31.0 Å². The number of carbonyl (C=O) groups is 1. The van der Waals surface area contributed by atoms with Crippen LogP contribution in [0.5, 0.6) is 0 Å². The molecule has 2 aromatic rings. The largest absolute Gasteiger partial charge is 0.370 e. The van der Waals surface area contributed by atoms with Gasteiger partial charge in [-0.1, -0.05) is 19.1 Å². The summed E-state index contributed by atoms with van der Waals surface area (Å²) in [4.78, 5) is 12.0. The fraction of sp³-hybridized carbons (Fsp3) is 0.474. The van der Waals surface area contributed by atoms with E-state index in [2.05, 4.69) is 33.2 Å². The minimum Gasteiger partial charge on any atom is -0.370 e. The molecule has 3 N–H and O–H groups in total. The molecule has 1 aromatic carbocycles. The summed E-state index contributed by atoms with van der Waals surface area (Å²) in [6, 6.07) is 9.91. The van der Waals surface area contributed by atoms with Crippen LogP contribution in [0.15, 0.2) is 30.3 Å². The molecule has 134 valence electrons. The topological polar surface area (TPSA) is 71.0 Å². The highest BCUT2D eigenvalue weighted by atomic mass is 16.1. The van der Waals surface area contributed by atoms with Gasteiger partial charge in [0.2, 0.25) is 0 Å². The summed E-state index contributed by atoms with van der Waals surface area (Å²) in [6.45, 7) is 8.34. The quantitative estimate of drug-likeness (QED) is 0.722. The van der Waals surface area contributed by atoms with Crippen LogP contribution >= 0.6 is 0 Å². The van der Waals surface area contributed by atoms with Crippen LogP contribution in [0, 0.1) is 12.8 Å². The number of nitrogens with one attached hydrogen (secondary N) is 3. The maximum atomic E-state index is 12.0. The molecule has 0 radical (unpaired) electrons. The van der Waals surface area contributed by atoms with E-state index >= 15 is 0 Å². The normalized spacial score (nSPS) is 16.2. The van der Waals surface area contributed by atoms with Gasteiger partial charge >= 0.3 is 0 Å². The molecule has 0 spiro atoms. The Morgan fingerprint density at radius 2 is 2.28 bits per heavy atom. The minimum absolute atomic E-state index is 0.00163. The highest BCUT2D eigenvalue weighted by Gasteiger charge is 2.18. The van der Waals surface area contributed by atoms with Crippen LogP contribution in [0.1, 0.15) is 35.0 Å². The van der Waals surface area contributed by atoms with Crippen molar-refractivity contribution in [1.29, 1.82) is 0 Å². The second kappa shape index (κ2) is 8.16. The molecule has 6 heteroatoms. The average Bonchev–Trinajstić information content (AvgIpc) is 2.99. The third-order valence-corrected chi connectivity index (χ3v) is 4.39. The summed E-state index contributed by atoms with van der Waals surface area (Å²) in [7, 11) is 0. The summed E-state index contributed by atoms with van der Waals surface area (Å²) >= 11 is 0. The van der Waals surface area contributed by atoms with Gasteiger partial charge in [0.1, 0.15) is 5.82 Å². The summed E-state index contributed by atoms with van der Waals surface area (Å²) < 4.78 is 2.05. The van der Waals surface area contributed by atoms with Gasteiger partial charge in [-0.25, -0.2) is 4.68 Å². The first-order chi connectivity index (χ1) is 12.2. The van der Waals surface area contributed by atoms with Gasteiger partial charge in [0.05, 0.1) is 5.69 Å². The van der Waals surface area contributed by atoms with E-state index in [-0.39, 0.29) is 5.91 Å². The average molecular weight is 341 g/mol. The molecule has 0 saturated heterocycles. The lowest BCUT2D eigenvalue weighted by atomic mass is 10.1. The van der Waals surface area contributed by atoms with Crippen molar-refractivity contribution < 1.29 is 4.79 Å². The number of rotatable bonds is 7. The van der Waals surface area contributed by atoms with E-state index in [9.17, 15) is 4.79 Å². The maximum Gasteiger partial charge on any atom is 0.251 e. The lowest BCUT2D eigenvalue weighted by Gasteiger charge is -2.25. The van der Waals surface area contributed by atoms with Crippen molar-refractivity contribution in [1.82, 2.24) is 20.4 Å². The summed E-state index contributed by atoms with van der Waals surface area (Å²) in [5, 5.41) is 14.4. The molecule has 25 heavy (non-hydrogen) atoms. The molecule has 0 fully saturated rings. The van der Waals surface area contributed by atoms with E-state index in [0.29, 0.717) is 12.5 Å². The zero-order valence-electron chi connectivity index (χ0n) is 15.0. The van der Waals surface area contributed by atoms with E-state index < -0.39 is 0 Å². The van der Waals surface area contributed by atoms with Crippen molar-refractivity contribution in [3.63, 3.8) is 0 Å². The van der Waals surface area contributed by atoms with Crippen LogP contribution in [0.4, 0.5) is 5.82 Å². The van der Waals surface area contributed by atoms with Crippen molar-refractivity contribution in [3.8, 4) is 0 Å². The molecule has 6 nitrogen and oxygen atoms in total. The van der Waals surface area contributed by atoms with Gasteiger partial charge in [-0.3, -0.25) is 4.79 Å². The van der Waals surface area contributed by atoms with Gasteiger partial charge in [-0.2, -0.15) is 5.10 Å². The smallest absolute Gasteiger partial charge is 0.251 e. The highest BCUT2D eigenvalue weighted by Crippen LogP contribution is 2.18. The third kappa shape index (κ3) is 4.60. The zero-order valence-corrected chi connectivity index (χ0v) is 15.0. The number of fused-ring (bicyclic) bond motifs is 1. The molecule has 3 rings (SSSR count). The number of hydrogen-bond donors (Lipinski definition) is 3. The summed E-state index contributed by atoms with van der Waals surface area (Å²) in [5.74, 6) is 1.61. The first-order valence-electron chi connectivity index (χ1n) is 9.02. The Morgan fingerprint density at radius 1 is 1.40 bits per heavy atom. The molecule has 1 aromatic heterocycles. The van der Waals surface area contributed by atoms with Crippen molar-refractivity contribution in [3.05, 3.63) is 47.2 Å². The SMILES string of the molecule is CCCNC(=O)c1cccc(CNC[C@@H]2CNc3cc(C)nn3C2)c1. The molecule has 2 heterocycles. The minimum atomic E-state index is 0.00163. The van der Waals surface area contributed by atoms with Crippen LogP contribution in [0.25, 0.3) is 0 Å². The molecule has 0 bridgehead atoms. The van der Waals surface area contributed by atoms with Gasteiger partial charge in [-0.15, -0.1) is 0 Å².